The minimum Gasteiger partial charge on any atom is -0.334 e. The van der Waals surface area contributed by atoms with E-state index in [9.17, 15) is 0 Å². The van der Waals surface area contributed by atoms with Gasteiger partial charge in [0.2, 0.25) is 0 Å². The van der Waals surface area contributed by atoms with Gasteiger partial charge in [0, 0.05) is 45.5 Å². The van der Waals surface area contributed by atoms with Crippen molar-refractivity contribution in [1.29, 1.82) is 0 Å². The second-order valence-corrected chi connectivity index (χ2v) is 20.0. The summed E-state index contributed by atoms with van der Waals surface area (Å²) in [4.78, 5) is 7.24. The second kappa shape index (κ2) is 21.3. The fraction of sp³-hybridized carbons (Fsp3) is 0.0541. The van der Waals surface area contributed by atoms with Crippen molar-refractivity contribution in [2.45, 2.75) is 25.3 Å². The van der Waals surface area contributed by atoms with Crippen molar-refractivity contribution in [2.24, 2.45) is 0 Å². The molecule has 77 heavy (non-hydrogen) atoms. The van der Waals surface area contributed by atoms with Gasteiger partial charge < -0.3 is 14.7 Å². The van der Waals surface area contributed by atoms with Crippen LogP contribution in [0, 0.1) is 0 Å². The highest BCUT2D eigenvalue weighted by molar-refractivity contribution is 5.92. The van der Waals surface area contributed by atoms with Crippen LogP contribution in [0.2, 0.25) is 0 Å². The molecule has 0 aliphatic heterocycles. The standard InChI is InChI=1S/C74H57N3/c1-6-16-54(17-7-1)56-30-40-71(41-31-56)76(67-22-12-4-13-23-67)73-48-38-62-50-60(26-28-64(62)52-73)58-34-44-69(45-35-58)75(66-20-10-3-11-21-66)70-46-36-59(37-47-70)61-27-29-65-53-74(49-39-63(65)51-61)77(68-24-14-5-15-25-68)72-42-32-57(33-43-72)55-18-8-2-9-19-55/h1-10,12-20,22-52,74H,11,21,53H2. The number of benzene rings is 11. The van der Waals surface area contributed by atoms with Gasteiger partial charge >= 0.3 is 0 Å². The lowest BCUT2D eigenvalue weighted by atomic mass is 9.90. The van der Waals surface area contributed by atoms with Crippen LogP contribution in [0.5, 0.6) is 0 Å². The summed E-state index contributed by atoms with van der Waals surface area (Å²) in [5.41, 5.74) is 21.6. The predicted octanol–water partition coefficient (Wildman–Crippen LogP) is 20.1. The molecule has 1 atom stereocenters. The Labute approximate surface area is 452 Å². The number of hydrogen-bond donors (Lipinski definition) is 0. The van der Waals surface area contributed by atoms with E-state index in [-0.39, 0.29) is 6.04 Å². The Morgan fingerprint density at radius 3 is 1.31 bits per heavy atom. The van der Waals surface area contributed by atoms with E-state index in [1.807, 2.05) is 0 Å². The number of anilines is 7. The number of fused-ring (bicyclic) bond motifs is 2. The Bertz CT molecular complexity index is 3900. The first-order valence-electron chi connectivity index (χ1n) is 26.9. The van der Waals surface area contributed by atoms with E-state index in [4.69, 9.17) is 0 Å². The fourth-order valence-corrected chi connectivity index (χ4v) is 11.2. The second-order valence-electron chi connectivity index (χ2n) is 20.0. The number of para-hydroxylation sites is 2. The van der Waals surface area contributed by atoms with E-state index in [1.165, 1.54) is 83.5 Å². The molecule has 3 nitrogen and oxygen atoms in total. The van der Waals surface area contributed by atoms with Gasteiger partial charge in [-0.3, -0.25) is 0 Å². The quantitative estimate of drug-likeness (QED) is 0.114. The number of allylic oxidation sites excluding steroid dienone is 4. The molecule has 0 fully saturated rings. The summed E-state index contributed by atoms with van der Waals surface area (Å²) in [6, 6.07) is 99.5. The molecule has 2 aliphatic carbocycles. The highest BCUT2D eigenvalue weighted by atomic mass is 15.2. The minimum absolute atomic E-state index is 0.177. The maximum atomic E-state index is 2.48. The molecular formula is C74H57N3. The van der Waals surface area contributed by atoms with Gasteiger partial charge in [0.25, 0.3) is 0 Å². The summed E-state index contributed by atoms with van der Waals surface area (Å²) < 4.78 is 0. The van der Waals surface area contributed by atoms with Crippen LogP contribution in [0.25, 0.3) is 61.4 Å². The summed E-state index contributed by atoms with van der Waals surface area (Å²) in [5.74, 6) is 0. The highest BCUT2D eigenvalue weighted by Crippen LogP contribution is 2.41. The summed E-state index contributed by atoms with van der Waals surface area (Å²) in [7, 11) is 0. The molecule has 0 spiro atoms. The van der Waals surface area contributed by atoms with Gasteiger partial charge in [-0.1, -0.05) is 200 Å². The average Bonchev–Trinajstić information content (AvgIpc) is 3.53. The highest BCUT2D eigenvalue weighted by Gasteiger charge is 2.24. The molecule has 0 aromatic heterocycles. The molecule has 0 N–H and O–H groups in total. The molecule has 0 radical (unpaired) electrons. The Morgan fingerprint density at radius 1 is 0.325 bits per heavy atom. The van der Waals surface area contributed by atoms with Gasteiger partial charge in [-0.05, 0) is 189 Å². The van der Waals surface area contributed by atoms with Crippen LogP contribution < -0.4 is 14.7 Å². The third-order valence-electron chi connectivity index (χ3n) is 15.2. The smallest absolute Gasteiger partial charge is 0.0566 e. The van der Waals surface area contributed by atoms with Gasteiger partial charge in [0.15, 0.2) is 0 Å². The third kappa shape index (κ3) is 9.91. The lowest BCUT2D eigenvalue weighted by Crippen LogP contribution is -2.32. The first-order valence-corrected chi connectivity index (χ1v) is 26.9. The Kier molecular flexibility index (Phi) is 13.0. The Hall–Kier alpha value is -9.70. The molecule has 0 amide bonds. The maximum absolute atomic E-state index is 2.48. The minimum atomic E-state index is 0.177. The van der Waals surface area contributed by atoms with Gasteiger partial charge in [-0.2, -0.15) is 0 Å². The number of nitrogens with zero attached hydrogens (tertiary/aromatic N) is 3. The Balaban J connectivity index is 0.734. The van der Waals surface area contributed by atoms with Crippen molar-refractivity contribution in [3.8, 4) is 44.5 Å². The van der Waals surface area contributed by atoms with Crippen LogP contribution in [0.4, 0.5) is 39.8 Å². The molecule has 11 aromatic rings. The topological polar surface area (TPSA) is 9.72 Å². The van der Waals surface area contributed by atoms with E-state index in [0.717, 1.165) is 47.7 Å². The molecule has 0 saturated heterocycles. The summed E-state index contributed by atoms with van der Waals surface area (Å²) in [5, 5.41) is 2.41. The number of rotatable bonds is 13. The summed E-state index contributed by atoms with van der Waals surface area (Å²) in [6.45, 7) is 0. The predicted molar refractivity (Wildman–Crippen MR) is 327 cm³/mol. The van der Waals surface area contributed by atoms with Gasteiger partial charge in [0.05, 0.1) is 6.04 Å². The molecule has 368 valence electrons. The van der Waals surface area contributed by atoms with Crippen molar-refractivity contribution in [1.82, 2.24) is 0 Å². The maximum Gasteiger partial charge on any atom is 0.0566 e. The zero-order valence-corrected chi connectivity index (χ0v) is 42.9. The van der Waals surface area contributed by atoms with E-state index in [1.54, 1.807) is 0 Å². The lowest BCUT2D eigenvalue weighted by molar-refractivity contribution is 0.767. The zero-order chi connectivity index (χ0) is 51.3. The molecule has 0 heterocycles. The first kappa shape index (κ1) is 47.0. The monoisotopic (exact) mass is 987 g/mol. The fourth-order valence-electron chi connectivity index (χ4n) is 11.2. The summed E-state index contributed by atoms with van der Waals surface area (Å²) >= 11 is 0. The summed E-state index contributed by atoms with van der Waals surface area (Å²) in [6.07, 6.45) is 14.3. The van der Waals surface area contributed by atoms with Crippen LogP contribution >= 0.6 is 0 Å². The van der Waals surface area contributed by atoms with Crippen molar-refractivity contribution in [2.75, 3.05) is 14.7 Å². The van der Waals surface area contributed by atoms with Gasteiger partial charge in [-0.15, -0.1) is 0 Å². The lowest BCUT2D eigenvalue weighted by Gasteiger charge is -2.34. The molecule has 0 saturated carbocycles. The molecule has 13 rings (SSSR count). The molecule has 1 unspecified atom stereocenters. The van der Waals surface area contributed by atoms with E-state index in [0.29, 0.717) is 0 Å². The third-order valence-corrected chi connectivity index (χ3v) is 15.2. The van der Waals surface area contributed by atoms with E-state index >= 15 is 0 Å². The van der Waals surface area contributed by atoms with Crippen LogP contribution in [0.1, 0.15) is 24.0 Å². The van der Waals surface area contributed by atoms with Crippen LogP contribution in [0.15, 0.2) is 303 Å². The van der Waals surface area contributed by atoms with Crippen LogP contribution in [-0.2, 0) is 6.42 Å². The van der Waals surface area contributed by atoms with Gasteiger partial charge in [0.1, 0.15) is 0 Å². The van der Waals surface area contributed by atoms with Crippen molar-refractivity contribution < 1.29 is 0 Å². The van der Waals surface area contributed by atoms with E-state index < -0.39 is 0 Å². The van der Waals surface area contributed by atoms with Crippen LogP contribution in [0.3, 0.4) is 0 Å². The Morgan fingerprint density at radius 2 is 0.740 bits per heavy atom. The zero-order valence-electron chi connectivity index (χ0n) is 42.9. The number of hydrogen-bond acceptors (Lipinski definition) is 3. The van der Waals surface area contributed by atoms with E-state index in [2.05, 4.69) is 318 Å². The molecule has 3 heteroatoms. The van der Waals surface area contributed by atoms with Gasteiger partial charge in [-0.25, -0.2) is 0 Å². The van der Waals surface area contributed by atoms with Crippen LogP contribution in [-0.4, -0.2) is 6.04 Å². The molecular weight excluding hydrogens is 931 g/mol. The SMILES string of the molecule is C1=CCCC(N(c2ccc(-c3ccc4c(c3)C=CC(N(c3ccccc3)c3ccc(-c5ccccc5)cc3)C4)cc2)c2ccc(-c3ccc4cc(N(c5ccccc5)c5ccc(-c6ccccc6)cc5)ccc4c3)cc2)=C1. The van der Waals surface area contributed by atoms with Crippen molar-refractivity contribution >= 4 is 56.7 Å². The molecule has 11 aromatic carbocycles. The molecule has 0 bridgehead atoms. The average molecular weight is 988 g/mol. The van der Waals surface area contributed by atoms with Crippen molar-refractivity contribution in [3.63, 3.8) is 0 Å². The first-order chi connectivity index (χ1) is 38.1. The largest absolute Gasteiger partial charge is 0.334 e. The normalized spacial score (nSPS) is 13.7. The van der Waals surface area contributed by atoms with Crippen molar-refractivity contribution in [3.05, 3.63) is 314 Å². The molecule has 2 aliphatic rings.